The highest BCUT2D eigenvalue weighted by molar-refractivity contribution is 6.06. The maximum Gasteiger partial charge on any atom is 0.255 e. The minimum Gasteiger partial charge on any atom is -0.497 e. The Morgan fingerprint density at radius 2 is 1.70 bits per heavy atom. The summed E-state index contributed by atoms with van der Waals surface area (Å²) in [5, 5.41) is 2.73. The SMILES string of the molecule is COc1ccc(NC(=O)c2cccc(C(N)=O)c2)cc1. The van der Waals surface area contributed by atoms with Crippen molar-refractivity contribution in [2.24, 2.45) is 5.73 Å². The highest BCUT2D eigenvalue weighted by atomic mass is 16.5. The molecule has 2 rings (SSSR count). The summed E-state index contributed by atoms with van der Waals surface area (Å²) in [5.41, 5.74) is 6.49. The molecule has 3 N–H and O–H groups in total. The number of nitrogens with one attached hydrogen (secondary N) is 1. The lowest BCUT2D eigenvalue weighted by Gasteiger charge is -2.07. The zero-order chi connectivity index (χ0) is 14.5. The van der Waals surface area contributed by atoms with E-state index in [4.69, 9.17) is 10.5 Å². The molecule has 0 saturated heterocycles. The van der Waals surface area contributed by atoms with Crippen LogP contribution in [0.2, 0.25) is 0 Å². The van der Waals surface area contributed by atoms with Gasteiger partial charge in [-0.25, -0.2) is 0 Å². The maximum absolute atomic E-state index is 12.0. The summed E-state index contributed by atoms with van der Waals surface area (Å²) in [6, 6.07) is 13.2. The van der Waals surface area contributed by atoms with Crippen molar-refractivity contribution in [3.8, 4) is 5.75 Å². The smallest absolute Gasteiger partial charge is 0.255 e. The Morgan fingerprint density at radius 3 is 2.30 bits per heavy atom. The summed E-state index contributed by atoms with van der Waals surface area (Å²) in [4.78, 5) is 23.1. The van der Waals surface area contributed by atoms with E-state index in [9.17, 15) is 9.59 Å². The van der Waals surface area contributed by atoms with Crippen molar-refractivity contribution in [1.29, 1.82) is 0 Å². The van der Waals surface area contributed by atoms with E-state index in [0.29, 0.717) is 22.6 Å². The molecule has 20 heavy (non-hydrogen) atoms. The third-order valence-corrected chi connectivity index (χ3v) is 2.76. The lowest BCUT2D eigenvalue weighted by atomic mass is 10.1. The minimum absolute atomic E-state index is 0.299. The van der Waals surface area contributed by atoms with E-state index in [-0.39, 0.29) is 5.91 Å². The predicted molar refractivity (Wildman–Crippen MR) is 75.9 cm³/mol. The van der Waals surface area contributed by atoms with Crippen LogP contribution >= 0.6 is 0 Å². The molecule has 0 radical (unpaired) electrons. The molecule has 0 atom stereocenters. The molecule has 2 amide bonds. The van der Waals surface area contributed by atoms with Gasteiger partial charge in [0.2, 0.25) is 5.91 Å². The Bertz CT molecular complexity index is 636. The van der Waals surface area contributed by atoms with Gasteiger partial charge in [0.25, 0.3) is 5.91 Å². The summed E-state index contributed by atoms with van der Waals surface area (Å²) in [6.45, 7) is 0. The molecule has 5 nitrogen and oxygen atoms in total. The van der Waals surface area contributed by atoms with Gasteiger partial charge < -0.3 is 15.8 Å². The average molecular weight is 270 g/mol. The van der Waals surface area contributed by atoms with E-state index < -0.39 is 5.91 Å². The lowest BCUT2D eigenvalue weighted by Crippen LogP contribution is -2.15. The molecule has 2 aromatic rings. The molecule has 5 heteroatoms. The fraction of sp³-hybridized carbons (Fsp3) is 0.0667. The minimum atomic E-state index is -0.566. The first kappa shape index (κ1) is 13.6. The van der Waals surface area contributed by atoms with Crippen LogP contribution in [0.4, 0.5) is 5.69 Å². The van der Waals surface area contributed by atoms with E-state index in [2.05, 4.69) is 5.32 Å². The number of amides is 2. The van der Waals surface area contributed by atoms with Gasteiger partial charge in [-0.05, 0) is 42.5 Å². The summed E-state index contributed by atoms with van der Waals surface area (Å²) < 4.78 is 5.04. The molecule has 0 heterocycles. The van der Waals surface area contributed by atoms with Crippen LogP contribution in [0, 0.1) is 0 Å². The number of carbonyl (C=O) groups excluding carboxylic acids is 2. The number of carbonyl (C=O) groups is 2. The van der Waals surface area contributed by atoms with Gasteiger partial charge in [-0.3, -0.25) is 9.59 Å². The van der Waals surface area contributed by atoms with Gasteiger partial charge in [0.15, 0.2) is 0 Å². The van der Waals surface area contributed by atoms with Crippen molar-refractivity contribution in [3.63, 3.8) is 0 Å². The topological polar surface area (TPSA) is 81.4 Å². The van der Waals surface area contributed by atoms with Gasteiger partial charge in [-0.15, -0.1) is 0 Å². The number of anilines is 1. The van der Waals surface area contributed by atoms with Crippen LogP contribution in [0.15, 0.2) is 48.5 Å². The fourth-order valence-corrected chi connectivity index (χ4v) is 1.69. The van der Waals surface area contributed by atoms with E-state index in [0.717, 1.165) is 0 Å². The summed E-state index contributed by atoms with van der Waals surface area (Å²) in [5.74, 6) is -0.166. The number of primary amides is 1. The second kappa shape index (κ2) is 5.88. The van der Waals surface area contributed by atoms with Crippen molar-refractivity contribution in [2.45, 2.75) is 0 Å². The fourth-order valence-electron chi connectivity index (χ4n) is 1.69. The highest BCUT2D eigenvalue weighted by Gasteiger charge is 2.08. The number of nitrogens with two attached hydrogens (primary N) is 1. The van der Waals surface area contributed by atoms with Gasteiger partial charge >= 0.3 is 0 Å². The van der Waals surface area contributed by atoms with Crippen molar-refractivity contribution in [3.05, 3.63) is 59.7 Å². The second-order valence-corrected chi connectivity index (χ2v) is 4.13. The Balaban J connectivity index is 2.14. The van der Waals surface area contributed by atoms with E-state index >= 15 is 0 Å². The first-order valence-corrected chi connectivity index (χ1v) is 5.95. The monoisotopic (exact) mass is 270 g/mol. The molecular weight excluding hydrogens is 256 g/mol. The van der Waals surface area contributed by atoms with Crippen molar-refractivity contribution < 1.29 is 14.3 Å². The van der Waals surface area contributed by atoms with E-state index in [1.54, 1.807) is 49.6 Å². The molecule has 0 saturated carbocycles. The van der Waals surface area contributed by atoms with Crippen LogP contribution in [0.3, 0.4) is 0 Å². The van der Waals surface area contributed by atoms with Crippen LogP contribution in [0.25, 0.3) is 0 Å². The predicted octanol–water partition coefficient (Wildman–Crippen LogP) is 2.05. The maximum atomic E-state index is 12.0. The molecule has 0 aromatic heterocycles. The normalized spacial score (nSPS) is 9.85. The zero-order valence-corrected chi connectivity index (χ0v) is 10.9. The first-order valence-electron chi connectivity index (χ1n) is 5.95. The number of hydrogen-bond donors (Lipinski definition) is 2. The van der Waals surface area contributed by atoms with Crippen molar-refractivity contribution in [1.82, 2.24) is 0 Å². The van der Waals surface area contributed by atoms with Crippen molar-refractivity contribution >= 4 is 17.5 Å². The van der Waals surface area contributed by atoms with Crippen LogP contribution in [0.1, 0.15) is 20.7 Å². The van der Waals surface area contributed by atoms with Gasteiger partial charge in [-0.1, -0.05) is 6.07 Å². The summed E-state index contributed by atoms with van der Waals surface area (Å²) >= 11 is 0. The van der Waals surface area contributed by atoms with Crippen LogP contribution in [-0.4, -0.2) is 18.9 Å². The molecule has 0 spiro atoms. The van der Waals surface area contributed by atoms with Crippen LogP contribution < -0.4 is 15.8 Å². The Morgan fingerprint density at radius 1 is 1.05 bits per heavy atom. The Hall–Kier alpha value is -2.82. The average Bonchev–Trinajstić information content (AvgIpc) is 2.48. The Kier molecular flexibility index (Phi) is 4.00. The first-order chi connectivity index (χ1) is 9.60. The molecule has 0 aliphatic carbocycles. The molecule has 0 bridgehead atoms. The molecule has 0 unspecified atom stereocenters. The van der Waals surface area contributed by atoms with E-state index in [1.807, 2.05) is 0 Å². The second-order valence-electron chi connectivity index (χ2n) is 4.13. The number of hydrogen-bond acceptors (Lipinski definition) is 3. The van der Waals surface area contributed by atoms with Crippen LogP contribution in [-0.2, 0) is 0 Å². The molecule has 0 fully saturated rings. The number of rotatable bonds is 4. The largest absolute Gasteiger partial charge is 0.497 e. The highest BCUT2D eigenvalue weighted by Crippen LogP contribution is 2.16. The quantitative estimate of drug-likeness (QED) is 0.892. The summed E-state index contributed by atoms with van der Waals surface area (Å²) in [7, 11) is 1.57. The van der Waals surface area contributed by atoms with Gasteiger partial charge in [0.05, 0.1) is 7.11 Å². The molecule has 0 aliphatic heterocycles. The van der Waals surface area contributed by atoms with Gasteiger partial charge in [-0.2, -0.15) is 0 Å². The van der Waals surface area contributed by atoms with Crippen LogP contribution in [0.5, 0.6) is 5.75 Å². The van der Waals surface area contributed by atoms with Crippen molar-refractivity contribution in [2.75, 3.05) is 12.4 Å². The molecule has 0 aliphatic rings. The summed E-state index contributed by atoms with van der Waals surface area (Å²) in [6.07, 6.45) is 0. The lowest BCUT2D eigenvalue weighted by molar-refractivity contribution is 0.1000. The number of ether oxygens (including phenoxy) is 1. The van der Waals surface area contributed by atoms with Gasteiger partial charge in [0, 0.05) is 16.8 Å². The van der Waals surface area contributed by atoms with E-state index in [1.165, 1.54) is 6.07 Å². The molecule has 2 aromatic carbocycles. The Labute approximate surface area is 116 Å². The zero-order valence-electron chi connectivity index (χ0n) is 10.9. The molecular formula is C15H14N2O3. The number of methoxy groups -OCH3 is 1. The number of benzene rings is 2. The third kappa shape index (κ3) is 3.14. The third-order valence-electron chi connectivity index (χ3n) is 2.76. The standard InChI is InChI=1S/C15H14N2O3/c1-20-13-7-5-12(6-8-13)17-15(19)11-4-2-3-10(9-11)14(16)18/h2-9H,1H3,(H2,16,18)(H,17,19). The molecule has 102 valence electrons. The van der Waals surface area contributed by atoms with Gasteiger partial charge in [0.1, 0.15) is 5.75 Å².